The average molecular weight is 270 g/mol. The molecule has 0 spiro atoms. The molecule has 0 aliphatic rings. The lowest BCUT2D eigenvalue weighted by Gasteiger charge is -2.09. The van der Waals surface area contributed by atoms with Crippen LogP contribution in [0.1, 0.15) is 19.7 Å². The molecule has 0 unspecified atom stereocenters. The van der Waals surface area contributed by atoms with Crippen molar-refractivity contribution in [3.63, 3.8) is 0 Å². The number of benzene rings is 1. The van der Waals surface area contributed by atoms with E-state index in [1.807, 2.05) is 6.07 Å². The molecule has 19 heavy (non-hydrogen) atoms. The number of fused-ring (bicyclic) bond motifs is 1. The minimum Gasteiger partial charge on any atom is -0.317 e. The summed E-state index contributed by atoms with van der Waals surface area (Å²) in [6.45, 7) is 12.2. The van der Waals surface area contributed by atoms with Crippen molar-refractivity contribution < 1.29 is 0 Å². The summed E-state index contributed by atoms with van der Waals surface area (Å²) in [5.74, 6) is 4.81. The van der Waals surface area contributed by atoms with E-state index < -0.39 is 8.07 Å². The van der Waals surface area contributed by atoms with Crippen LogP contribution in [-0.4, -0.2) is 17.6 Å². The Bertz CT molecular complexity index is 636. The van der Waals surface area contributed by atoms with Crippen molar-refractivity contribution in [1.82, 2.24) is 9.55 Å². The number of hydrogen-bond donors (Lipinski definition) is 0. The topological polar surface area (TPSA) is 17.8 Å². The molecular weight excluding hydrogens is 248 g/mol. The molecule has 2 nitrogen and oxygen atoms in total. The third-order valence-corrected chi connectivity index (χ3v) is 3.63. The number of imidazole rings is 1. The van der Waals surface area contributed by atoms with Gasteiger partial charge in [0, 0.05) is 6.54 Å². The Hall–Kier alpha value is -1.53. The van der Waals surface area contributed by atoms with Crippen LogP contribution in [0, 0.1) is 17.4 Å². The molecule has 1 aromatic heterocycles. The molecule has 0 saturated heterocycles. The fourth-order valence-corrected chi connectivity index (χ4v) is 2.45. The minimum absolute atomic E-state index is 0.588. The molecule has 3 heteroatoms. The van der Waals surface area contributed by atoms with E-state index in [1.165, 1.54) is 5.52 Å². The predicted octanol–water partition coefficient (Wildman–Crippen LogP) is 3.92. The van der Waals surface area contributed by atoms with Gasteiger partial charge in [0.2, 0.25) is 0 Å². The largest absolute Gasteiger partial charge is 0.317 e. The first kappa shape index (κ1) is 13.9. The van der Waals surface area contributed by atoms with Crippen molar-refractivity contribution in [1.29, 1.82) is 0 Å². The fraction of sp³-hybridized carbons (Fsp3) is 0.438. The third kappa shape index (κ3) is 3.48. The Morgan fingerprint density at radius 1 is 1.21 bits per heavy atom. The van der Waals surface area contributed by atoms with Crippen molar-refractivity contribution in [2.24, 2.45) is 5.92 Å². The number of hydrogen-bond acceptors (Lipinski definition) is 1. The first-order valence-corrected chi connectivity index (χ1v) is 10.4. The van der Waals surface area contributed by atoms with E-state index in [2.05, 4.69) is 72.7 Å². The lowest BCUT2D eigenvalue weighted by molar-refractivity contribution is 0.529. The van der Waals surface area contributed by atoms with Crippen LogP contribution in [-0.2, 0) is 6.54 Å². The summed E-state index contributed by atoms with van der Waals surface area (Å²) < 4.78 is 2.26. The van der Waals surface area contributed by atoms with Gasteiger partial charge < -0.3 is 4.57 Å². The van der Waals surface area contributed by atoms with Crippen molar-refractivity contribution in [2.45, 2.75) is 40.0 Å². The highest BCUT2D eigenvalue weighted by molar-refractivity contribution is 6.83. The molecule has 0 fully saturated rings. The van der Waals surface area contributed by atoms with E-state index in [1.54, 1.807) is 0 Å². The zero-order valence-electron chi connectivity index (χ0n) is 12.5. The molecule has 0 amide bonds. The van der Waals surface area contributed by atoms with E-state index in [0.29, 0.717) is 5.92 Å². The molecule has 100 valence electrons. The molecule has 1 heterocycles. The fourth-order valence-electron chi connectivity index (χ4n) is 1.96. The second-order valence-corrected chi connectivity index (χ2v) is 11.2. The highest BCUT2D eigenvalue weighted by Crippen LogP contribution is 2.17. The van der Waals surface area contributed by atoms with Gasteiger partial charge in [-0.05, 0) is 24.0 Å². The minimum atomic E-state index is -1.37. The van der Waals surface area contributed by atoms with Crippen molar-refractivity contribution >= 4 is 19.1 Å². The lowest BCUT2D eigenvalue weighted by Crippen LogP contribution is -2.17. The second-order valence-electron chi connectivity index (χ2n) is 6.43. The second kappa shape index (κ2) is 5.22. The van der Waals surface area contributed by atoms with Crippen LogP contribution in [0.15, 0.2) is 24.3 Å². The van der Waals surface area contributed by atoms with Crippen molar-refractivity contribution in [3.05, 3.63) is 30.1 Å². The number of rotatable bonds is 2. The zero-order chi connectivity index (χ0) is 14.0. The summed E-state index contributed by atoms with van der Waals surface area (Å²) in [6, 6.07) is 8.29. The van der Waals surface area contributed by atoms with Gasteiger partial charge in [-0.25, -0.2) is 4.98 Å². The van der Waals surface area contributed by atoms with Gasteiger partial charge in [0.15, 0.2) is 5.82 Å². The van der Waals surface area contributed by atoms with Gasteiger partial charge in [0.05, 0.1) is 11.0 Å². The van der Waals surface area contributed by atoms with Gasteiger partial charge in [0.1, 0.15) is 8.07 Å². The number of para-hydroxylation sites is 2. The highest BCUT2D eigenvalue weighted by Gasteiger charge is 2.12. The summed E-state index contributed by atoms with van der Waals surface area (Å²) in [5.41, 5.74) is 5.65. The summed E-state index contributed by atoms with van der Waals surface area (Å²) in [7, 11) is -1.37. The molecule has 0 N–H and O–H groups in total. The molecule has 0 aliphatic carbocycles. The maximum atomic E-state index is 4.68. The Morgan fingerprint density at radius 2 is 1.89 bits per heavy atom. The Balaban J connectivity index is 2.55. The molecule has 0 radical (unpaired) electrons. The molecule has 1 aromatic carbocycles. The van der Waals surface area contributed by atoms with Gasteiger partial charge >= 0.3 is 0 Å². The van der Waals surface area contributed by atoms with Gasteiger partial charge in [-0.2, -0.15) is 0 Å². The van der Waals surface area contributed by atoms with E-state index in [-0.39, 0.29) is 0 Å². The smallest absolute Gasteiger partial charge is 0.185 e. The first-order chi connectivity index (χ1) is 8.87. The lowest BCUT2D eigenvalue weighted by atomic mass is 10.2. The number of nitrogens with zero attached hydrogens (tertiary/aromatic N) is 2. The average Bonchev–Trinajstić information content (AvgIpc) is 2.64. The van der Waals surface area contributed by atoms with Crippen LogP contribution in [0.5, 0.6) is 0 Å². The van der Waals surface area contributed by atoms with Crippen LogP contribution in [0.2, 0.25) is 19.6 Å². The zero-order valence-corrected chi connectivity index (χ0v) is 13.5. The van der Waals surface area contributed by atoms with Crippen LogP contribution in [0.4, 0.5) is 0 Å². The first-order valence-electron chi connectivity index (χ1n) is 6.85. The predicted molar refractivity (Wildman–Crippen MR) is 84.8 cm³/mol. The van der Waals surface area contributed by atoms with E-state index in [0.717, 1.165) is 17.9 Å². The number of aromatic nitrogens is 2. The van der Waals surface area contributed by atoms with Crippen LogP contribution >= 0.6 is 0 Å². The summed E-state index contributed by atoms with van der Waals surface area (Å²) in [4.78, 5) is 4.68. The maximum absolute atomic E-state index is 4.68. The van der Waals surface area contributed by atoms with E-state index in [9.17, 15) is 0 Å². The Morgan fingerprint density at radius 3 is 2.53 bits per heavy atom. The van der Waals surface area contributed by atoms with Gasteiger partial charge in [-0.15, -0.1) is 5.54 Å². The normalized spacial score (nSPS) is 11.7. The standard InChI is InChI=1S/C16H22N2Si/c1-13(2)12-18-15-9-7-6-8-14(15)17-16(18)10-11-19(3,4)5/h6-9,13H,12H2,1-5H3. The highest BCUT2D eigenvalue weighted by atomic mass is 28.3. The molecule has 0 aliphatic heterocycles. The monoisotopic (exact) mass is 270 g/mol. The van der Waals surface area contributed by atoms with Crippen molar-refractivity contribution in [2.75, 3.05) is 0 Å². The summed E-state index contributed by atoms with van der Waals surface area (Å²) in [6.07, 6.45) is 0. The maximum Gasteiger partial charge on any atom is 0.185 e. The van der Waals surface area contributed by atoms with Crippen LogP contribution < -0.4 is 0 Å². The summed E-state index contributed by atoms with van der Waals surface area (Å²) >= 11 is 0. The quantitative estimate of drug-likeness (QED) is 0.597. The van der Waals surface area contributed by atoms with Crippen LogP contribution in [0.25, 0.3) is 11.0 Å². The van der Waals surface area contributed by atoms with Gasteiger partial charge in [-0.3, -0.25) is 0 Å². The molecule has 2 rings (SSSR count). The third-order valence-electron chi connectivity index (χ3n) is 2.75. The molecule has 0 bridgehead atoms. The Kier molecular flexibility index (Phi) is 3.82. The van der Waals surface area contributed by atoms with Crippen LogP contribution in [0.3, 0.4) is 0 Å². The van der Waals surface area contributed by atoms with Gasteiger partial charge in [0.25, 0.3) is 0 Å². The molecule has 0 saturated carbocycles. The Labute approximate surface area is 116 Å². The molecule has 2 aromatic rings. The van der Waals surface area contributed by atoms with E-state index in [4.69, 9.17) is 0 Å². The van der Waals surface area contributed by atoms with Crippen molar-refractivity contribution in [3.8, 4) is 11.5 Å². The van der Waals surface area contributed by atoms with E-state index >= 15 is 0 Å². The molecule has 0 atom stereocenters. The SMILES string of the molecule is CC(C)Cn1c(C#C[Si](C)(C)C)nc2ccccc21. The van der Waals surface area contributed by atoms with Gasteiger partial charge in [-0.1, -0.05) is 45.6 Å². The molecular formula is C16H22N2Si. The summed E-state index contributed by atoms with van der Waals surface area (Å²) in [5, 5.41) is 0.